The molecule has 20 heavy (non-hydrogen) atoms. The highest BCUT2D eigenvalue weighted by Gasteiger charge is 2.53. The lowest BCUT2D eigenvalue weighted by atomic mass is 9.85. The maximum absolute atomic E-state index is 11.8. The van der Waals surface area contributed by atoms with Gasteiger partial charge in [-0.25, -0.2) is 0 Å². The van der Waals surface area contributed by atoms with Crippen LogP contribution in [-0.2, 0) is 9.53 Å². The minimum absolute atomic E-state index is 0.0375. The van der Waals surface area contributed by atoms with E-state index in [2.05, 4.69) is 44.2 Å². The molecule has 0 unspecified atom stereocenters. The molecule has 2 heteroatoms. The Kier molecular flexibility index (Phi) is 3.57. The normalized spacial score (nSPS) is 30.4. The molecule has 2 aliphatic carbocycles. The molecule has 0 saturated heterocycles. The summed E-state index contributed by atoms with van der Waals surface area (Å²) < 4.78 is 5.55. The first-order valence-corrected chi connectivity index (χ1v) is 7.82. The summed E-state index contributed by atoms with van der Waals surface area (Å²) in [5.41, 5.74) is 1.58. The van der Waals surface area contributed by atoms with Crippen molar-refractivity contribution in [1.82, 2.24) is 0 Å². The van der Waals surface area contributed by atoms with Crippen molar-refractivity contribution in [3.8, 4) is 0 Å². The topological polar surface area (TPSA) is 26.3 Å². The molecule has 2 saturated carbocycles. The Morgan fingerprint density at radius 1 is 1.35 bits per heavy atom. The second-order valence-corrected chi connectivity index (χ2v) is 6.90. The Labute approximate surface area is 121 Å². The summed E-state index contributed by atoms with van der Waals surface area (Å²) in [7, 11) is 0. The van der Waals surface area contributed by atoms with Crippen molar-refractivity contribution in [2.45, 2.75) is 45.4 Å². The quantitative estimate of drug-likeness (QED) is 0.752. The molecule has 2 nitrogen and oxygen atoms in total. The molecule has 0 bridgehead atoms. The number of ether oxygens (including phenoxy) is 1. The van der Waals surface area contributed by atoms with E-state index in [-0.39, 0.29) is 17.3 Å². The van der Waals surface area contributed by atoms with Crippen molar-refractivity contribution in [2.75, 3.05) is 6.61 Å². The van der Waals surface area contributed by atoms with Crippen LogP contribution < -0.4 is 0 Å². The van der Waals surface area contributed by atoms with Gasteiger partial charge in [0.2, 0.25) is 0 Å². The predicted octanol–water partition coefficient (Wildman–Crippen LogP) is 4.16. The minimum atomic E-state index is 0.0375. The molecule has 1 aromatic carbocycles. The number of hydrogen-bond donors (Lipinski definition) is 0. The number of benzene rings is 1. The average molecular weight is 272 g/mol. The SMILES string of the molecule is C[C@@H](c1ccccc1)[C@@H]1C[C@@]1(C)COC(=O)C1CCC1. The van der Waals surface area contributed by atoms with Gasteiger partial charge in [0, 0.05) is 5.41 Å². The zero-order chi connectivity index (χ0) is 14.2. The fraction of sp³-hybridized carbons (Fsp3) is 0.611. The number of rotatable bonds is 5. The Bertz CT molecular complexity index is 477. The average Bonchev–Trinajstić information content (AvgIpc) is 3.07. The van der Waals surface area contributed by atoms with E-state index in [9.17, 15) is 4.79 Å². The lowest BCUT2D eigenvalue weighted by Crippen LogP contribution is -2.26. The first-order valence-electron chi connectivity index (χ1n) is 7.82. The number of esters is 1. The molecular formula is C18H24O2. The Hall–Kier alpha value is -1.31. The van der Waals surface area contributed by atoms with Crippen molar-refractivity contribution in [3.63, 3.8) is 0 Å². The van der Waals surface area contributed by atoms with Gasteiger partial charge in [0.25, 0.3) is 0 Å². The zero-order valence-electron chi connectivity index (χ0n) is 12.5. The van der Waals surface area contributed by atoms with Crippen LogP contribution in [0.3, 0.4) is 0 Å². The number of carbonyl (C=O) groups excluding carboxylic acids is 1. The van der Waals surface area contributed by atoms with Gasteiger partial charge in [0.1, 0.15) is 0 Å². The van der Waals surface area contributed by atoms with Crippen LogP contribution in [0.2, 0.25) is 0 Å². The molecule has 3 rings (SSSR count). The van der Waals surface area contributed by atoms with E-state index >= 15 is 0 Å². The standard InChI is InChI=1S/C18H24O2/c1-13(14-7-4-3-5-8-14)16-11-18(16,2)12-20-17(19)15-9-6-10-15/h3-5,7-8,13,15-16H,6,9-12H2,1-2H3/t13-,16-,18-/m0/s1. The highest BCUT2D eigenvalue weighted by Crippen LogP contribution is 2.59. The van der Waals surface area contributed by atoms with Gasteiger partial charge in [-0.15, -0.1) is 0 Å². The molecule has 0 aliphatic heterocycles. The van der Waals surface area contributed by atoms with Crippen molar-refractivity contribution < 1.29 is 9.53 Å². The van der Waals surface area contributed by atoms with Gasteiger partial charge in [-0.1, -0.05) is 50.6 Å². The van der Waals surface area contributed by atoms with Crippen LogP contribution in [-0.4, -0.2) is 12.6 Å². The van der Waals surface area contributed by atoms with Crippen molar-refractivity contribution in [3.05, 3.63) is 35.9 Å². The molecule has 3 atom stereocenters. The second kappa shape index (κ2) is 5.23. The number of hydrogen-bond acceptors (Lipinski definition) is 2. The molecule has 0 spiro atoms. The minimum Gasteiger partial charge on any atom is -0.465 e. The third kappa shape index (κ3) is 2.61. The Balaban J connectivity index is 1.52. The summed E-state index contributed by atoms with van der Waals surface area (Å²) in [6.45, 7) is 5.15. The molecule has 0 aromatic heterocycles. The summed E-state index contributed by atoms with van der Waals surface area (Å²) in [5.74, 6) is 1.42. The van der Waals surface area contributed by atoms with Crippen molar-refractivity contribution in [1.29, 1.82) is 0 Å². The van der Waals surface area contributed by atoms with Gasteiger partial charge in [0.15, 0.2) is 0 Å². The molecule has 0 amide bonds. The lowest BCUT2D eigenvalue weighted by Gasteiger charge is -2.24. The van der Waals surface area contributed by atoms with Crippen LogP contribution in [0, 0.1) is 17.3 Å². The number of carbonyl (C=O) groups is 1. The summed E-state index contributed by atoms with van der Waals surface area (Å²) >= 11 is 0. The Morgan fingerprint density at radius 2 is 2.05 bits per heavy atom. The molecule has 108 valence electrons. The fourth-order valence-corrected chi connectivity index (χ4v) is 3.38. The van der Waals surface area contributed by atoms with Crippen molar-refractivity contribution in [2.24, 2.45) is 17.3 Å². The maximum atomic E-state index is 11.8. The monoisotopic (exact) mass is 272 g/mol. The van der Waals surface area contributed by atoms with Crippen LogP contribution in [0.15, 0.2) is 30.3 Å². The van der Waals surface area contributed by atoms with E-state index in [1.165, 1.54) is 18.4 Å². The highest BCUT2D eigenvalue weighted by atomic mass is 16.5. The molecule has 2 fully saturated rings. The van der Waals surface area contributed by atoms with Crippen LogP contribution in [0.1, 0.15) is 51.0 Å². The van der Waals surface area contributed by atoms with E-state index in [0.717, 1.165) is 12.8 Å². The molecule has 1 aromatic rings. The van der Waals surface area contributed by atoms with Gasteiger partial charge < -0.3 is 4.74 Å². The van der Waals surface area contributed by atoms with E-state index < -0.39 is 0 Å². The predicted molar refractivity (Wildman–Crippen MR) is 79.4 cm³/mol. The zero-order valence-corrected chi connectivity index (χ0v) is 12.5. The van der Waals surface area contributed by atoms with Crippen molar-refractivity contribution >= 4 is 5.97 Å². The largest absolute Gasteiger partial charge is 0.465 e. The maximum Gasteiger partial charge on any atom is 0.308 e. The highest BCUT2D eigenvalue weighted by molar-refractivity contribution is 5.73. The summed E-state index contributed by atoms with van der Waals surface area (Å²) in [6, 6.07) is 10.7. The summed E-state index contributed by atoms with van der Waals surface area (Å²) in [4.78, 5) is 11.8. The van der Waals surface area contributed by atoms with E-state index in [1.54, 1.807) is 0 Å². The molecular weight excluding hydrogens is 248 g/mol. The van der Waals surface area contributed by atoms with Crippen LogP contribution in [0.25, 0.3) is 0 Å². The first-order chi connectivity index (χ1) is 9.60. The molecule has 0 heterocycles. The van der Waals surface area contributed by atoms with E-state index in [0.29, 0.717) is 18.4 Å². The van der Waals surface area contributed by atoms with Crippen LogP contribution >= 0.6 is 0 Å². The fourth-order valence-electron chi connectivity index (χ4n) is 3.38. The molecule has 0 N–H and O–H groups in total. The third-order valence-corrected chi connectivity index (χ3v) is 5.33. The Morgan fingerprint density at radius 3 is 2.65 bits per heavy atom. The van der Waals surface area contributed by atoms with E-state index in [4.69, 9.17) is 4.74 Å². The third-order valence-electron chi connectivity index (χ3n) is 5.33. The smallest absolute Gasteiger partial charge is 0.308 e. The van der Waals surface area contributed by atoms with Crippen LogP contribution in [0.5, 0.6) is 0 Å². The lowest BCUT2D eigenvalue weighted by molar-refractivity contribution is -0.153. The van der Waals surface area contributed by atoms with Gasteiger partial charge in [-0.3, -0.25) is 4.79 Å². The van der Waals surface area contributed by atoms with Crippen LogP contribution in [0.4, 0.5) is 0 Å². The first kappa shape index (κ1) is 13.7. The summed E-state index contributed by atoms with van der Waals surface area (Å²) in [5, 5.41) is 0. The van der Waals surface area contributed by atoms with Gasteiger partial charge in [0.05, 0.1) is 12.5 Å². The van der Waals surface area contributed by atoms with Gasteiger partial charge in [-0.05, 0) is 36.7 Å². The van der Waals surface area contributed by atoms with Gasteiger partial charge in [-0.2, -0.15) is 0 Å². The second-order valence-electron chi connectivity index (χ2n) is 6.90. The van der Waals surface area contributed by atoms with E-state index in [1.807, 2.05) is 0 Å². The molecule has 2 aliphatic rings. The molecule has 0 radical (unpaired) electrons. The van der Waals surface area contributed by atoms with Gasteiger partial charge >= 0.3 is 5.97 Å². The summed E-state index contributed by atoms with van der Waals surface area (Å²) in [6.07, 6.45) is 4.41.